The van der Waals surface area contributed by atoms with E-state index >= 15 is 0 Å². The van der Waals surface area contributed by atoms with Crippen molar-refractivity contribution in [1.29, 1.82) is 0 Å². The Morgan fingerprint density at radius 1 is 0.615 bits per heavy atom. The van der Waals surface area contributed by atoms with Gasteiger partial charge in [-0.25, -0.2) is 9.97 Å². The second-order valence-corrected chi connectivity index (χ2v) is 6.90. The van der Waals surface area contributed by atoms with Crippen LogP contribution in [-0.4, -0.2) is 9.97 Å². The third-order valence-electron chi connectivity index (χ3n) is 4.46. The Balaban J connectivity index is 1.62. The molecule has 0 aliphatic heterocycles. The van der Waals surface area contributed by atoms with Crippen molar-refractivity contribution in [1.82, 2.24) is 9.97 Å². The van der Waals surface area contributed by atoms with E-state index in [1.165, 1.54) is 22.3 Å². The van der Waals surface area contributed by atoms with Gasteiger partial charge in [-0.1, -0.05) is 24.3 Å². The molecule has 0 saturated carbocycles. The van der Waals surface area contributed by atoms with E-state index < -0.39 is 0 Å². The highest BCUT2D eigenvalue weighted by atomic mass is 14.8. The van der Waals surface area contributed by atoms with Gasteiger partial charge in [-0.15, -0.1) is 0 Å². The van der Waals surface area contributed by atoms with Gasteiger partial charge in [0.05, 0.1) is 0 Å². The molecule has 0 aliphatic rings. The summed E-state index contributed by atoms with van der Waals surface area (Å²) in [4.78, 5) is 8.47. The van der Waals surface area contributed by atoms with Gasteiger partial charge in [-0.2, -0.15) is 0 Å². The van der Waals surface area contributed by atoms with Crippen molar-refractivity contribution in [2.75, 3.05) is 11.5 Å². The number of pyridine rings is 2. The molecular formula is C22H26N4. The fourth-order valence-electron chi connectivity index (χ4n) is 3.34. The molecule has 0 amide bonds. The minimum Gasteiger partial charge on any atom is -0.384 e. The lowest BCUT2D eigenvalue weighted by Gasteiger charge is -2.08. The second kappa shape index (κ2) is 8.00. The Bertz CT molecular complexity index is 791. The number of hydrogen-bond donors (Lipinski definition) is 2. The maximum atomic E-state index is 5.84. The van der Waals surface area contributed by atoms with Gasteiger partial charge in [-0.05, 0) is 86.1 Å². The number of hydrogen-bond acceptors (Lipinski definition) is 4. The Morgan fingerprint density at radius 3 is 1.46 bits per heavy atom. The largest absolute Gasteiger partial charge is 0.384 e. The van der Waals surface area contributed by atoms with E-state index in [2.05, 4.69) is 46.4 Å². The van der Waals surface area contributed by atoms with E-state index in [-0.39, 0.29) is 0 Å². The fraction of sp³-hybridized carbons (Fsp3) is 0.273. The maximum absolute atomic E-state index is 5.84. The summed E-state index contributed by atoms with van der Waals surface area (Å²) < 4.78 is 0. The molecule has 3 rings (SSSR count). The molecule has 4 heteroatoms. The lowest BCUT2D eigenvalue weighted by Crippen LogP contribution is -1.99. The van der Waals surface area contributed by atoms with Gasteiger partial charge in [0, 0.05) is 11.4 Å². The number of benzene rings is 1. The molecule has 2 aromatic heterocycles. The molecule has 0 atom stereocenters. The highest BCUT2D eigenvalue weighted by molar-refractivity contribution is 5.36. The van der Waals surface area contributed by atoms with Crippen molar-refractivity contribution in [3.63, 3.8) is 0 Å². The van der Waals surface area contributed by atoms with Crippen molar-refractivity contribution >= 4 is 11.6 Å². The van der Waals surface area contributed by atoms with Crippen LogP contribution in [0.1, 0.15) is 33.6 Å². The van der Waals surface area contributed by atoms with E-state index in [0.717, 1.165) is 37.1 Å². The third kappa shape index (κ3) is 5.06. The molecule has 0 bridgehead atoms. The molecule has 2 heterocycles. The summed E-state index contributed by atoms with van der Waals surface area (Å²) >= 11 is 0. The fourth-order valence-corrected chi connectivity index (χ4v) is 3.34. The van der Waals surface area contributed by atoms with Gasteiger partial charge in [0.2, 0.25) is 0 Å². The summed E-state index contributed by atoms with van der Waals surface area (Å²) in [5.41, 5.74) is 18.8. The van der Waals surface area contributed by atoms with Crippen LogP contribution < -0.4 is 11.5 Å². The molecule has 0 fully saturated rings. The van der Waals surface area contributed by atoms with E-state index in [4.69, 9.17) is 11.5 Å². The first-order chi connectivity index (χ1) is 12.5. The molecule has 0 spiro atoms. The van der Waals surface area contributed by atoms with E-state index in [1.807, 2.05) is 26.0 Å². The van der Waals surface area contributed by atoms with Gasteiger partial charge in [0.1, 0.15) is 11.6 Å². The molecule has 4 nitrogen and oxygen atoms in total. The number of nitrogen functional groups attached to an aromatic ring is 2. The van der Waals surface area contributed by atoms with Gasteiger partial charge in [0.15, 0.2) is 0 Å². The van der Waals surface area contributed by atoms with E-state index in [0.29, 0.717) is 11.6 Å². The first-order valence-corrected chi connectivity index (χ1v) is 9.02. The molecule has 0 radical (unpaired) electrons. The Morgan fingerprint density at radius 2 is 1.04 bits per heavy atom. The lowest BCUT2D eigenvalue weighted by atomic mass is 9.99. The SMILES string of the molecule is Cc1cc(CCc2cccc(CCc3cc(C)nc(N)c3)c2)cc(N)n1. The van der Waals surface area contributed by atoms with Crippen LogP contribution in [0.3, 0.4) is 0 Å². The number of aryl methyl sites for hydroxylation is 6. The molecule has 0 unspecified atom stereocenters. The number of rotatable bonds is 6. The average molecular weight is 346 g/mol. The molecule has 3 aromatic rings. The minimum atomic E-state index is 0.598. The van der Waals surface area contributed by atoms with Crippen molar-refractivity contribution < 1.29 is 0 Å². The summed E-state index contributed by atoms with van der Waals surface area (Å²) in [6, 6.07) is 17.0. The monoisotopic (exact) mass is 346 g/mol. The molecule has 1 aromatic carbocycles. The van der Waals surface area contributed by atoms with Crippen LogP contribution in [-0.2, 0) is 25.7 Å². The second-order valence-electron chi connectivity index (χ2n) is 6.90. The predicted molar refractivity (Wildman–Crippen MR) is 108 cm³/mol. The standard InChI is InChI=1S/C22H26N4/c1-15-10-19(13-21(23)25-15)8-6-17-4-3-5-18(12-17)7-9-20-11-16(2)26-22(24)14-20/h3-5,10-14H,6-9H2,1-2H3,(H2,23,25)(H2,24,26). The summed E-state index contributed by atoms with van der Waals surface area (Å²) in [5, 5.41) is 0. The number of nitrogens with zero attached hydrogens (tertiary/aromatic N) is 2. The van der Waals surface area contributed by atoms with Crippen LogP contribution in [0.4, 0.5) is 11.6 Å². The Hall–Kier alpha value is -2.88. The number of anilines is 2. The number of nitrogens with two attached hydrogens (primary N) is 2. The quantitative estimate of drug-likeness (QED) is 0.711. The highest BCUT2D eigenvalue weighted by Gasteiger charge is 2.03. The first kappa shape index (κ1) is 17.9. The zero-order valence-electron chi connectivity index (χ0n) is 15.5. The topological polar surface area (TPSA) is 77.8 Å². The van der Waals surface area contributed by atoms with Crippen molar-refractivity contribution in [2.24, 2.45) is 0 Å². The van der Waals surface area contributed by atoms with Gasteiger partial charge >= 0.3 is 0 Å². The minimum absolute atomic E-state index is 0.598. The summed E-state index contributed by atoms with van der Waals surface area (Å²) in [6.07, 6.45) is 3.93. The normalized spacial score (nSPS) is 10.8. The molecule has 0 saturated heterocycles. The van der Waals surface area contributed by atoms with Gasteiger partial charge in [-0.3, -0.25) is 0 Å². The highest BCUT2D eigenvalue weighted by Crippen LogP contribution is 2.15. The molecular weight excluding hydrogens is 320 g/mol. The summed E-state index contributed by atoms with van der Waals surface area (Å²) in [7, 11) is 0. The summed E-state index contributed by atoms with van der Waals surface area (Å²) in [6.45, 7) is 3.96. The Labute approximate surface area is 155 Å². The van der Waals surface area contributed by atoms with Crippen molar-refractivity contribution in [3.05, 3.63) is 82.2 Å². The Kier molecular flexibility index (Phi) is 5.52. The van der Waals surface area contributed by atoms with Gasteiger partial charge < -0.3 is 11.5 Å². The van der Waals surface area contributed by atoms with Crippen LogP contribution in [0.2, 0.25) is 0 Å². The lowest BCUT2D eigenvalue weighted by molar-refractivity contribution is 0.924. The van der Waals surface area contributed by atoms with Gasteiger partial charge in [0.25, 0.3) is 0 Å². The average Bonchev–Trinajstić information content (AvgIpc) is 2.57. The van der Waals surface area contributed by atoms with Crippen molar-refractivity contribution in [2.45, 2.75) is 39.5 Å². The zero-order valence-corrected chi connectivity index (χ0v) is 15.5. The predicted octanol–water partition coefficient (Wildman–Crippen LogP) is 3.83. The van der Waals surface area contributed by atoms with Crippen LogP contribution in [0.5, 0.6) is 0 Å². The molecule has 0 aliphatic carbocycles. The molecule has 4 N–H and O–H groups in total. The van der Waals surface area contributed by atoms with E-state index in [9.17, 15) is 0 Å². The first-order valence-electron chi connectivity index (χ1n) is 9.02. The maximum Gasteiger partial charge on any atom is 0.123 e. The van der Waals surface area contributed by atoms with Crippen molar-refractivity contribution in [3.8, 4) is 0 Å². The van der Waals surface area contributed by atoms with Crippen LogP contribution >= 0.6 is 0 Å². The number of aromatic nitrogens is 2. The van der Waals surface area contributed by atoms with Crippen LogP contribution in [0, 0.1) is 13.8 Å². The van der Waals surface area contributed by atoms with E-state index in [1.54, 1.807) is 0 Å². The van der Waals surface area contributed by atoms with Crippen LogP contribution in [0.25, 0.3) is 0 Å². The molecule has 134 valence electrons. The summed E-state index contributed by atoms with van der Waals surface area (Å²) in [5.74, 6) is 1.20. The third-order valence-corrected chi connectivity index (χ3v) is 4.46. The van der Waals surface area contributed by atoms with Crippen LogP contribution in [0.15, 0.2) is 48.5 Å². The molecule has 26 heavy (non-hydrogen) atoms. The zero-order chi connectivity index (χ0) is 18.5. The smallest absolute Gasteiger partial charge is 0.123 e.